The zero-order valence-corrected chi connectivity index (χ0v) is 8.86. The predicted molar refractivity (Wildman–Crippen MR) is 58.3 cm³/mol. The van der Waals surface area contributed by atoms with Gasteiger partial charge in [-0.05, 0) is 18.2 Å². The summed E-state index contributed by atoms with van der Waals surface area (Å²) in [6, 6.07) is 7.60. The van der Waals surface area contributed by atoms with E-state index in [0.717, 1.165) is 22.5 Å². The molecule has 0 aliphatic carbocycles. The first-order chi connectivity index (χ1) is 7.26. The molecule has 1 aromatic carbocycles. The Labute approximate surface area is 88.3 Å². The summed E-state index contributed by atoms with van der Waals surface area (Å²) in [6.07, 6.45) is 0. The number of aliphatic hydroxyl groups excluding tert-OH is 1. The molecule has 2 rings (SSSR count). The lowest BCUT2D eigenvalue weighted by molar-refractivity contribution is 0.259. The van der Waals surface area contributed by atoms with Crippen molar-refractivity contribution in [1.29, 1.82) is 0 Å². The highest BCUT2D eigenvalue weighted by Gasteiger charge is 2.12. The van der Waals surface area contributed by atoms with E-state index in [4.69, 9.17) is 14.3 Å². The van der Waals surface area contributed by atoms with Crippen molar-refractivity contribution in [2.75, 3.05) is 13.7 Å². The van der Waals surface area contributed by atoms with Crippen LogP contribution in [0.1, 0.15) is 18.6 Å². The van der Waals surface area contributed by atoms with Gasteiger partial charge in [-0.3, -0.25) is 0 Å². The molecule has 0 bridgehead atoms. The SMILES string of the molecule is COc1cccc2oc(C(C)CO)cc12. The second kappa shape index (κ2) is 3.95. The van der Waals surface area contributed by atoms with Crippen molar-refractivity contribution < 1.29 is 14.3 Å². The highest BCUT2D eigenvalue weighted by atomic mass is 16.5. The third-order valence-electron chi connectivity index (χ3n) is 2.52. The quantitative estimate of drug-likeness (QED) is 0.839. The number of rotatable bonds is 3. The molecule has 1 atom stereocenters. The second-order valence-corrected chi connectivity index (χ2v) is 3.60. The van der Waals surface area contributed by atoms with Crippen LogP contribution in [-0.2, 0) is 0 Å². The summed E-state index contributed by atoms with van der Waals surface area (Å²) in [5.41, 5.74) is 0.796. The van der Waals surface area contributed by atoms with Gasteiger partial charge in [-0.25, -0.2) is 0 Å². The Hall–Kier alpha value is -1.48. The molecule has 3 heteroatoms. The van der Waals surface area contributed by atoms with Crippen LogP contribution in [0.3, 0.4) is 0 Å². The molecule has 0 aliphatic rings. The van der Waals surface area contributed by atoms with E-state index in [9.17, 15) is 0 Å². The highest BCUT2D eigenvalue weighted by molar-refractivity contribution is 5.84. The summed E-state index contributed by atoms with van der Waals surface area (Å²) in [5, 5.41) is 10.0. The van der Waals surface area contributed by atoms with Crippen LogP contribution in [0.2, 0.25) is 0 Å². The smallest absolute Gasteiger partial charge is 0.138 e. The standard InChI is InChI=1S/C12H14O3/c1-8(7-13)12-6-9-10(14-2)4-3-5-11(9)15-12/h3-6,8,13H,7H2,1-2H3. The monoisotopic (exact) mass is 206 g/mol. The Balaban J connectivity index is 2.55. The van der Waals surface area contributed by atoms with E-state index in [2.05, 4.69) is 0 Å². The minimum absolute atomic E-state index is 0.0158. The predicted octanol–water partition coefficient (Wildman–Crippen LogP) is 2.54. The molecule has 0 radical (unpaired) electrons. The van der Waals surface area contributed by atoms with E-state index in [1.807, 2.05) is 31.2 Å². The van der Waals surface area contributed by atoms with Crippen molar-refractivity contribution >= 4 is 11.0 Å². The fourth-order valence-corrected chi connectivity index (χ4v) is 1.56. The molecule has 0 fully saturated rings. The van der Waals surface area contributed by atoms with Crippen molar-refractivity contribution in [3.63, 3.8) is 0 Å². The molecule has 0 aliphatic heterocycles. The van der Waals surface area contributed by atoms with Gasteiger partial charge in [-0.2, -0.15) is 0 Å². The number of methoxy groups -OCH3 is 1. The summed E-state index contributed by atoms with van der Waals surface area (Å²) >= 11 is 0. The van der Waals surface area contributed by atoms with Crippen molar-refractivity contribution in [2.24, 2.45) is 0 Å². The Morgan fingerprint density at radius 3 is 2.93 bits per heavy atom. The van der Waals surface area contributed by atoms with Crippen LogP contribution in [0.4, 0.5) is 0 Å². The van der Waals surface area contributed by atoms with Crippen LogP contribution in [-0.4, -0.2) is 18.8 Å². The van der Waals surface area contributed by atoms with Crippen molar-refractivity contribution in [3.05, 3.63) is 30.0 Å². The van der Waals surface area contributed by atoms with Crippen molar-refractivity contribution in [3.8, 4) is 5.75 Å². The number of hydrogen-bond donors (Lipinski definition) is 1. The van der Waals surface area contributed by atoms with Crippen LogP contribution in [0, 0.1) is 0 Å². The highest BCUT2D eigenvalue weighted by Crippen LogP contribution is 2.31. The van der Waals surface area contributed by atoms with Crippen molar-refractivity contribution in [2.45, 2.75) is 12.8 Å². The van der Waals surface area contributed by atoms with E-state index >= 15 is 0 Å². The fraction of sp³-hybridized carbons (Fsp3) is 0.333. The fourth-order valence-electron chi connectivity index (χ4n) is 1.56. The van der Waals surface area contributed by atoms with E-state index in [0.29, 0.717) is 0 Å². The summed E-state index contributed by atoms with van der Waals surface area (Å²) < 4.78 is 10.9. The van der Waals surface area contributed by atoms with Crippen LogP contribution in [0.5, 0.6) is 5.75 Å². The lowest BCUT2D eigenvalue weighted by Gasteiger charge is -2.00. The Kier molecular flexibility index (Phi) is 2.64. The molecule has 0 saturated heterocycles. The average Bonchev–Trinajstić information content (AvgIpc) is 2.71. The molecule has 2 aromatic rings. The first kappa shape index (κ1) is 10.1. The van der Waals surface area contributed by atoms with Gasteiger partial charge < -0.3 is 14.3 Å². The number of aliphatic hydroxyl groups is 1. The molecular formula is C12H14O3. The number of ether oxygens (including phenoxy) is 1. The van der Waals surface area contributed by atoms with Crippen LogP contribution in [0.25, 0.3) is 11.0 Å². The van der Waals surface area contributed by atoms with Gasteiger partial charge in [0.1, 0.15) is 17.1 Å². The Bertz CT molecular complexity index is 459. The van der Waals surface area contributed by atoms with Gasteiger partial charge in [-0.15, -0.1) is 0 Å². The maximum absolute atomic E-state index is 9.05. The molecule has 80 valence electrons. The summed E-state index contributed by atoms with van der Waals surface area (Å²) in [4.78, 5) is 0. The van der Waals surface area contributed by atoms with E-state index in [1.165, 1.54) is 0 Å². The van der Waals surface area contributed by atoms with Crippen LogP contribution in [0.15, 0.2) is 28.7 Å². The normalized spacial score (nSPS) is 13.0. The minimum Gasteiger partial charge on any atom is -0.496 e. The van der Waals surface area contributed by atoms with E-state index in [1.54, 1.807) is 7.11 Å². The van der Waals surface area contributed by atoms with Gasteiger partial charge in [0, 0.05) is 5.92 Å². The zero-order valence-electron chi connectivity index (χ0n) is 8.86. The molecular weight excluding hydrogens is 192 g/mol. The maximum atomic E-state index is 9.05. The molecule has 0 saturated carbocycles. The lowest BCUT2D eigenvalue weighted by atomic mass is 10.1. The van der Waals surface area contributed by atoms with Crippen LogP contribution >= 0.6 is 0 Å². The molecule has 0 spiro atoms. The topological polar surface area (TPSA) is 42.6 Å². The largest absolute Gasteiger partial charge is 0.496 e. The van der Waals surface area contributed by atoms with Gasteiger partial charge in [0.25, 0.3) is 0 Å². The Morgan fingerprint density at radius 1 is 1.47 bits per heavy atom. The first-order valence-electron chi connectivity index (χ1n) is 4.93. The number of fused-ring (bicyclic) bond motifs is 1. The number of hydrogen-bond acceptors (Lipinski definition) is 3. The van der Waals surface area contributed by atoms with Crippen molar-refractivity contribution in [1.82, 2.24) is 0 Å². The van der Waals surface area contributed by atoms with Gasteiger partial charge >= 0.3 is 0 Å². The van der Waals surface area contributed by atoms with Gasteiger partial charge in [0.15, 0.2) is 0 Å². The maximum Gasteiger partial charge on any atom is 0.138 e. The van der Waals surface area contributed by atoms with Gasteiger partial charge in [-0.1, -0.05) is 13.0 Å². The molecule has 1 N–H and O–H groups in total. The van der Waals surface area contributed by atoms with Crippen LogP contribution < -0.4 is 4.74 Å². The molecule has 3 nitrogen and oxygen atoms in total. The first-order valence-corrected chi connectivity index (χ1v) is 4.93. The summed E-state index contributed by atoms with van der Waals surface area (Å²) in [5.74, 6) is 1.60. The molecule has 1 unspecified atom stereocenters. The second-order valence-electron chi connectivity index (χ2n) is 3.60. The summed E-state index contributed by atoms with van der Waals surface area (Å²) in [7, 11) is 1.64. The number of furan rings is 1. The van der Waals surface area contributed by atoms with E-state index in [-0.39, 0.29) is 12.5 Å². The lowest BCUT2D eigenvalue weighted by Crippen LogP contribution is -1.95. The Morgan fingerprint density at radius 2 is 2.27 bits per heavy atom. The number of benzene rings is 1. The summed E-state index contributed by atoms with van der Waals surface area (Å²) in [6.45, 7) is 2.01. The van der Waals surface area contributed by atoms with Gasteiger partial charge in [0.2, 0.25) is 0 Å². The molecule has 0 amide bonds. The third-order valence-corrected chi connectivity index (χ3v) is 2.52. The third kappa shape index (κ3) is 1.70. The average molecular weight is 206 g/mol. The molecule has 15 heavy (non-hydrogen) atoms. The zero-order chi connectivity index (χ0) is 10.8. The minimum atomic E-state index is 0.0158. The van der Waals surface area contributed by atoms with Gasteiger partial charge in [0.05, 0.1) is 19.1 Å². The molecule has 1 heterocycles. The molecule has 1 aromatic heterocycles. The van der Waals surface area contributed by atoms with E-state index < -0.39 is 0 Å².